The van der Waals surface area contributed by atoms with Gasteiger partial charge in [0.05, 0.1) is 22.4 Å². The smallest absolute Gasteiger partial charge is 0.0541 e. The van der Waals surface area contributed by atoms with Crippen LogP contribution in [0.15, 0.2) is 212 Å². The molecule has 0 saturated carbocycles. The van der Waals surface area contributed by atoms with Crippen molar-refractivity contribution < 1.29 is 0 Å². The Balaban J connectivity index is 1.04. The minimum atomic E-state index is 1.09. The summed E-state index contributed by atoms with van der Waals surface area (Å²) in [4.78, 5) is 2.40. The van der Waals surface area contributed by atoms with Crippen LogP contribution in [0.1, 0.15) is 0 Å². The van der Waals surface area contributed by atoms with E-state index in [0.29, 0.717) is 0 Å². The van der Waals surface area contributed by atoms with Gasteiger partial charge in [-0.15, -0.1) is 20.6 Å². The lowest BCUT2D eigenvalue weighted by atomic mass is 9.98. The second kappa shape index (κ2) is 14.3. The van der Waals surface area contributed by atoms with Gasteiger partial charge in [-0.25, -0.2) is 0 Å². The van der Waals surface area contributed by atoms with E-state index in [-0.39, 0.29) is 0 Å². The lowest BCUT2D eigenvalue weighted by Gasteiger charge is -2.28. The molecular formula is C54H37N2PS. The van der Waals surface area contributed by atoms with E-state index in [1.807, 2.05) is 11.3 Å². The van der Waals surface area contributed by atoms with E-state index < -0.39 is 0 Å². The maximum absolute atomic E-state index is 2.86. The molecule has 58 heavy (non-hydrogen) atoms. The first kappa shape index (κ1) is 34.5. The van der Waals surface area contributed by atoms with Crippen molar-refractivity contribution >= 4 is 84.9 Å². The molecule has 0 aliphatic carbocycles. The Hall–Kier alpha value is -6.77. The standard InChI is InChI=1S/C54H37N2PS/c57-41-33-34-51-47(35-41)45-17-6-10-22-50(45)56(51)49-21-9-5-16-43(49)37-25-29-39(30-26-37)55(48-20-8-4-15-42(48)36-13-2-1-3-14-36)40-31-27-38(28-32-40)44-19-12-24-53-54(44)46-18-7-11-23-52(46)58-53/h1-35H,57H2. The molecule has 2 aromatic heterocycles. The molecule has 0 N–H and O–H groups in total. The Labute approximate surface area is 344 Å². The summed E-state index contributed by atoms with van der Waals surface area (Å²) in [5.74, 6) is 0. The van der Waals surface area contributed by atoms with Crippen molar-refractivity contribution in [1.82, 2.24) is 4.57 Å². The van der Waals surface area contributed by atoms with Gasteiger partial charge in [-0.05, 0) is 94.3 Å². The third-order valence-corrected chi connectivity index (χ3v) is 12.8. The van der Waals surface area contributed by atoms with Crippen LogP contribution in [0, 0.1) is 0 Å². The highest BCUT2D eigenvalue weighted by molar-refractivity contribution is 7.27. The maximum Gasteiger partial charge on any atom is 0.0541 e. The van der Waals surface area contributed by atoms with Crippen molar-refractivity contribution in [2.24, 2.45) is 0 Å². The molecule has 0 aliphatic rings. The van der Waals surface area contributed by atoms with Crippen LogP contribution in [0.5, 0.6) is 0 Å². The van der Waals surface area contributed by atoms with Crippen molar-refractivity contribution in [1.29, 1.82) is 0 Å². The van der Waals surface area contributed by atoms with Crippen molar-refractivity contribution in [3.8, 4) is 39.1 Å². The molecular weight excluding hydrogens is 740 g/mol. The Bertz CT molecular complexity index is 3290. The van der Waals surface area contributed by atoms with Crippen molar-refractivity contribution in [3.63, 3.8) is 0 Å². The van der Waals surface area contributed by atoms with E-state index >= 15 is 0 Å². The summed E-state index contributed by atoms with van der Waals surface area (Å²) >= 11 is 1.86. The number of para-hydroxylation sites is 3. The monoisotopic (exact) mass is 776 g/mol. The SMILES string of the molecule is Pc1ccc2c(c1)c1ccccc1n2-c1ccccc1-c1ccc(N(c2ccc(-c3cccc4sc5ccccc5c34)cc2)c2ccccc2-c2ccccc2)cc1. The Morgan fingerprint density at radius 1 is 0.397 bits per heavy atom. The van der Waals surface area contributed by atoms with E-state index in [0.717, 1.165) is 28.3 Å². The molecule has 0 aliphatic heterocycles. The predicted octanol–water partition coefficient (Wildman–Crippen LogP) is 15.1. The quantitative estimate of drug-likeness (QED) is 0.146. The molecule has 2 heterocycles. The summed E-state index contributed by atoms with van der Waals surface area (Å²) in [5, 5.41) is 6.33. The van der Waals surface area contributed by atoms with E-state index in [1.165, 1.54) is 75.1 Å². The Kier molecular flexibility index (Phi) is 8.51. The number of hydrogen-bond donors (Lipinski definition) is 0. The molecule has 0 spiro atoms. The topological polar surface area (TPSA) is 8.17 Å². The van der Waals surface area contributed by atoms with Gasteiger partial charge in [-0.2, -0.15) is 0 Å². The van der Waals surface area contributed by atoms with Gasteiger partial charge < -0.3 is 9.47 Å². The molecule has 4 heteroatoms. The minimum Gasteiger partial charge on any atom is -0.310 e. The van der Waals surface area contributed by atoms with E-state index in [9.17, 15) is 0 Å². The average molecular weight is 777 g/mol. The minimum absolute atomic E-state index is 1.09. The van der Waals surface area contributed by atoms with Gasteiger partial charge in [0.1, 0.15) is 0 Å². The fourth-order valence-corrected chi connectivity index (χ4v) is 10.1. The number of nitrogens with zero attached hydrogens (tertiary/aromatic N) is 2. The molecule has 11 rings (SSSR count). The first-order chi connectivity index (χ1) is 28.7. The van der Waals surface area contributed by atoms with Gasteiger partial charge >= 0.3 is 0 Å². The van der Waals surface area contributed by atoms with Gasteiger partial charge in [0, 0.05) is 53.4 Å². The van der Waals surface area contributed by atoms with Crippen LogP contribution in [0.4, 0.5) is 17.1 Å². The number of aromatic nitrogens is 1. The zero-order chi connectivity index (χ0) is 38.6. The number of benzene rings is 9. The van der Waals surface area contributed by atoms with Crippen LogP contribution >= 0.6 is 20.6 Å². The van der Waals surface area contributed by atoms with Gasteiger partial charge in [-0.3, -0.25) is 0 Å². The fraction of sp³-hybridized carbons (Fsp3) is 0. The van der Waals surface area contributed by atoms with Gasteiger partial charge in [-0.1, -0.05) is 146 Å². The summed E-state index contributed by atoms with van der Waals surface area (Å²) in [6.45, 7) is 0. The average Bonchev–Trinajstić information content (AvgIpc) is 3.83. The third-order valence-electron chi connectivity index (χ3n) is 11.3. The molecule has 0 radical (unpaired) electrons. The number of rotatable bonds is 7. The maximum atomic E-state index is 2.86. The molecule has 11 aromatic rings. The van der Waals surface area contributed by atoms with E-state index in [4.69, 9.17) is 0 Å². The van der Waals surface area contributed by atoms with Crippen LogP contribution in [-0.2, 0) is 0 Å². The van der Waals surface area contributed by atoms with Gasteiger partial charge in [0.15, 0.2) is 0 Å². The summed E-state index contributed by atoms with van der Waals surface area (Å²) < 4.78 is 5.05. The number of hydrogen-bond acceptors (Lipinski definition) is 2. The van der Waals surface area contributed by atoms with Crippen LogP contribution in [0.25, 0.3) is 81.0 Å². The molecule has 1 atom stereocenters. The number of anilines is 3. The van der Waals surface area contributed by atoms with Crippen molar-refractivity contribution in [2.75, 3.05) is 4.90 Å². The van der Waals surface area contributed by atoms with Crippen LogP contribution in [0.3, 0.4) is 0 Å². The third kappa shape index (κ3) is 5.82. The molecule has 0 bridgehead atoms. The Morgan fingerprint density at radius 2 is 0.966 bits per heavy atom. The molecule has 274 valence electrons. The van der Waals surface area contributed by atoms with Gasteiger partial charge in [0.25, 0.3) is 0 Å². The number of thiophene rings is 1. The molecule has 0 amide bonds. The van der Waals surface area contributed by atoms with Crippen molar-refractivity contribution in [2.45, 2.75) is 0 Å². The predicted molar refractivity (Wildman–Crippen MR) is 254 cm³/mol. The van der Waals surface area contributed by atoms with E-state index in [1.54, 1.807) is 0 Å². The highest BCUT2D eigenvalue weighted by Gasteiger charge is 2.20. The lowest BCUT2D eigenvalue weighted by Crippen LogP contribution is -2.11. The normalized spacial score (nSPS) is 11.5. The molecule has 9 aromatic carbocycles. The van der Waals surface area contributed by atoms with Crippen molar-refractivity contribution in [3.05, 3.63) is 212 Å². The summed E-state index contributed by atoms with van der Waals surface area (Å²) in [5.41, 5.74) is 14.1. The highest BCUT2D eigenvalue weighted by atomic mass is 32.1. The molecule has 0 saturated heterocycles. The Morgan fingerprint density at radius 3 is 1.76 bits per heavy atom. The first-order valence-corrected chi connectivity index (χ1v) is 21.0. The van der Waals surface area contributed by atoms with Crippen LogP contribution < -0.4 is 10.2 Å². The lowest BCUT2D eigenvalue weighted by molar-refractivity contribution is 1.18. The zero-order valence-corrected chi connectivity index (χ0v) is 33.6. The van der Waals surface area contributed by atoms with Gasteiger partial charge in [0.2, 0.25) is 0 Å². The first-order valence-electron chi connectivity index (χ1n) is 19.6. The van der Waals surface area contributed by atoms with Crippen LogP contribution in [-0.4, -0.2) is 4.57 Å². The van der Waals surface area contributed by atoms with Crippen LogP contribution in [0.2, 0.25) is 0 Å². The zero-order valence-electron chi connectivity index (χ0n) is 31.6. The van der Waals surface area contributed by atoms with E-state index in [2.05, 4.69) is 231 Å². The fourth-order valence-electron chi connectivity index (χ4n) is 8.72. The molecule has 1 unspecified atom stereocenters. The second-order valence-corrected chi connectivity index (χ2v) is 16.5. The second-order valence-electron chi connectivity index (χ2n) is 14.7. The molecule has 2 nitrogen and oxygen atoms in total. The number of fused-ring (bicyclic) bond motifs is 6. The summed E-state index contributed by atoms with van der Waals surface area (Å²) in [6, 6.07) is 77.3. The largest absolute Gasteiger partial charge is 0.310 e. The molecule has 0 fully saturated rings. The highest BCUT2D eigenvalue weighted by Crippen LogP contribution is 2.44. The summed E-state index contributed by atoms with van der Waals surface area (Å²) in [7, 11) is 2.86. The summed E-state index contributed by atoms with van der Waals surface area (Å²) in [6.07, 6.45) is 0.